The lowest BCUT2D eigenvalue weighted by atomic mass is 10.1. The van der Waals surface area contributed by atoms with Crippen molar-refractivity contribution in [3.63, 3.8) is 0 Å². The van der Waals surface area contributed by atoms with Crippen molar-refractivity contribution < 1.29 is 4.79 Å². The summed E-state index contributed by atoms with van der Waals surface area (Å²) in [6, 6.07) is 0. The van der Waals surface area contributed by atoms with Gasteiger partial charge in [0.15, 0.2) is 0 Å². The summed E-state index contributed by atoms with van der Waals surface area (Å²) in [5.41, 5.74) is 2.19. The molecule has 0 aliphatic carbocycles. The molecule has 0 spiro atoms. The van der Waals surface area contributed by atoms with E-state index < -0.39 is 0 Å². The molecular formula is C10H22N2OS. The summed E-state index contributed by atoms with van der Waals surface area (Å²) in [5.74, 6) is 6.83. The third kappa shape index (κ3) is 5.50. The molecule has 2 atom stereocenters. The van der Waals surface area contributed by atoms with Crippen LogP contribution in [0.15, 0.2) is 0 Å². The van der Waals surface area contributed by atoms with Crippen LogP contribution < -0.4 is 11.3 Å². The van der Waals surface area contributed by atoms with Gasteiger partial charge in [0.25, 0.3) is 0 Å². The number of thioether (sulfide) groups is 1. The largest absolute Gasteiger partial charge is 0.294 e. The fraction of sp³-hybridized carbons (Fsp3) is 0.900. The third-order valence-electron chi connectivity index (χ3n) is 2.34. The van der Waals surface area contributed by atoms with E-state index in [1.54, 1.807) is 0 Å². The molecule has 0 saturated carbocycles. The SMILES string of the molecule is CC(C)CCSC(C)C(C)C(=O)NN. The standard InChI is InChI=1S/C10H22N2OS/c1-7(2)5-6-14-9(4)8(3)10(13)12-11/h7-9H,5-6,11H2,1-4H3,(H,12,13). The fourth-order valence-corrected chi connectivity index (χ4v) is 2.37. The van der Waals surface area contributed by atoms with E-state index in [4.69, 9.17) is 5.84 Å². The molecular weight excluding hydrogens is 196 g/mol. The van der Waals surface area contributed by atoms with Crippen LogP contribution in [0, 0.1) is 11.8 Å². The molecule has 4 heteroatoms. The van der Waals surface area contributed by atoms with Crippen LogP contribution in [-0.2, 0) is 4.79 Å². The van der Waals surface area contributed by atoms with Gasteiger partial charge >= 0.3 is 0 Å². The van der Waals surface area contributed by atoms with Gasteiger partial charge < -0.3 is 0 Å². The van der Waals surface area contributed by atoms with Crippen LogP contribution in [0.3, 0.4) is 0 Å². The van der Waals surface area contributed by atoms with Gasteiger partial charge in [-0.05, 0) is 18.1 Å². The lowest BCUT2D eigenvalue weighted by Crippen LogP contribution is -2.38. The van der Waals surface area contributed by atoms with E-state index in [-0.39, 0.29) is 11.8 Å². The summed E-state index contributed by atoms with van der Waals surface area (Å²) in [6.45, 7) is 8.41. The lowest BCUT2D eigenvalue weighted by Gasteiger charge is -2.18. The van der Waals surface area contributed by atoms with Crippen LogP contribution in [0.25, 0.3) is 0 Å². The highest BCUT2D eigenvalue weighted by atomic mass is 32.2. The number of hydrogen-bond donors (Lipinski definition) is 2. The number of nitrogens with one attached hydrogen (secondary N) is 1. The molecule has 84 valence electrons. The smallest absolute Gasteiger partial charge is 0.237 e. The zero-order valence-corrected chi connectivity index (χ0v) is 10.4. The van der Waals surface area contributed by atoms with Gasteiger partial charge in [-0.3, -0.25) is 10.2 Å². The highest BCUT2D eigenvalue weighted by molar-refractivity contribution is 7.99. The predicted octanol–water partition coefficient (Wildman–Crippen LogP) is 1.78. The monoisotopic (exact) mass is 218 g/mol. The Bertz CT molecular complexity index is 174. The molecule has 0 aliphatic heterocycles. The normalized spacial score (nSPS) is 15.3. The van der Waals surface area contributed by atoms with Crippen molar-refractivity contribution in [2.45, 2.75) is 39.4 Å². The second-order valence-electron chi connectivity index (χ2n) is 4.06. The van der Waals surface area contributed by atoms with E-state index in [0.717, 1.165) is 11.7 Å². The number of hydrogen-bond acceptors (Lipinski definition) is 3. The molecule has 0 radical (unpaired) electrons. The van der Waals surface area contributed by atoms with Crippen LogP contribution in [-0.4, -0.2) is 16.9 Å². The van der Waals surface area contributed by atoms with Crippen LogP contribution in [0.2, 0.25) is 0 Å². The average molecular weight is 218 g/mol. The molecule has 0 aromatic heterocycles. The molecule has 2 unspecified atom stereocenters. The van der Waals surface area contributed by atoms with Crippen molar-refractivity contribution in [2.24, 2.45) is 17.7 Å². The highest BCUT2D eigenvalue weighted by Gasteiger charge is 2.19. The van der Waals surface area contributed by atoms with E-state index in [0.29, 0.717) is 5.25 Å². The second kappa shape index (κ2) is 7.12. The zero-order valence-electron chi connectivity index (χ0n) is 9.54. The first kappa shape index (κ1) is 13.8. The maximum absolute atomic E-state index is 11.2. The number of carbonyl (C=O) groups excluding carboxylic acids is 1. The first-order chi connectivity index (χ1) is 6.49. The van der Waals surface area contributed by atoms with Gasteiger partial charge in [-0.25, -0.2) is 5.84 Å². The molecule has 0 aromatic carbocycles. The molecule has 0 heterocycles. The Morgan fingerprint density at radius 3 is 2.36 bits per heavy atom. The number of hydrazine groups is 1. The van der Waals surface area contributed by atoms with Gasteiger partial charge in [0, 0.05) is 11.2 Å². The van der Waals surface area contributed by atoms with Gasteiger partial charge in [-0.15, -0.1) is 0 Å². The van der Waals surface area contributed by atoms with Gasteiger partial charge in [0.2, 0.25) is 5.91 Å². The van der Waals surface area contributed by atoms with E-state index in [2.05, 4.69) is 26.2 Å². The number of carbonyl (C=O) groups is 1. The minimum atomic E-state index is -0.0745. The Morgan fingerprint density at radius 2 is 1.93 bits per heavy atom. The second-order valence-corrected chi connectivity index (χ2v) is 5.54. The quantitative estimate of drug-likeness (QED) is 0.406. The van der Waals surface area contributed by atoms with Crippen molar-refractivity contribution in [3.8, 4) is 0 Å². The first-order valence-electron chi connectivity index (χ1n) is 5.11. The van der Waals surface area contributed by atoms with Crippen LogP contribution >= 0.6 is 11.8 Å². The van der Waals surface area contributed by atoms with Crippen molar-refractivity contribution in [3.05, 3.63) is 0 Å². The number of amides is 1. The van der Waals surface area contributed by atoms with Crippen LogP contribution in [0.4, 0.5) is 0 Å². The van der Waals surface area contributed by atoms with Crippen molar-refractivity contribution in [2.75, 3.05) is 5.75 Å². The summed E-state index contributed by atoms with van der Waals surface area (Å²) in [6.07, 6.45) is 1.20. The van der Waals surface area contributed by atoms with Gasteiger partial charge in [-0.2, -0.15) is 11.8 Å². The fourth-order valence-electron chi connectivity index (χ4n) is 0.979. The Balaban J connectivity index is 3.72. The molecule has 0 saturated heterocycles. The molecule has 3 nitrogen and oxygen atoms in total. The van der Waals surface area contributed by atoms with E-state index in [9.17, 15) is 4.79 Å². The molecule has 0 rings (SSSR count). The number of rotatable bonds is 6. The lowest BCUT2D eigenvalue weighted by molar-refractivity contribution is -0.124. The predicted molar refractivity (Wildman–Crippen MR) is 62.9 cm³/mol. The minimum absolute atomic E-state index is 0.0165. The Labute approximate surface area is 91.2 Å². The molecule has 0 bridgehead atoms. The Morgan fingerprint density at radius 1 is 1.36 bits per heavy atom. The molecule has 14 heavy (non-hydrogen) atoms. The number of nitrogens with two attached hydrogens (primary N) is 1. The third-order valence-corrected chi connectivity index (χ3v) is 3.74. The molecule has 0 fully saturated rings. The maximum Gasteiger partial charge on any atom is 0.237 e. The van der Waals surface area contributed by atoms with E-state index in [1.165, 1.54) is 6.42 Å². The topological polar surface area (TPSA) is 55.1 Å². The van der Waals surface area contributed by atoms with Gasteiger partial charge in [0.1, 0.15) is 0 Å². The van der Waals surface area contributed by atoms with Crippen molar-refractivity contribution in [1.29, 1.82) is 0 Å². The average Bonchev–Trinajstić information content (AvgIpc) is 2.14. The highest BCUT2D eigenvalue weighted by Crippen LogP contribution is 2.21. The van der Waals surface area contributed by atoms with Crippen molar-refractivity contribution in [1.82, 2.24) is 5.43 Å². The van der Waals surface area contributed by atoms with Crippen LogP contribution in [0.1, 0.15) is 34.1 Å². The zero-order chi connectivity index (χ0) is 11.1. The van der Waals surface area contributed by atoms with Gasteiger partial charge in [-0.1, -0.05) is 27.7 Å². The molecule has 3 N–H and O–H groups in total. The maximum atomic E-state index is 11.2. The summed E-state index contributed by atoms with van der Waals surface area (Å²) in [4.78, 5) is 11.2. The summed E-state index contributed by atoms with van der Waals surface area (Å²) in [7, 11) is 0. The minimum Gasteiger partial charge on any atom is -0.294 e. The summed E-state index contributed by atoms with van der Waals surface area (Å²) >= 11 is 1.84. The van der Waals surface area contributed by atoms with Gasteiger partial charge in [0.05, 0.1) is 0 Å². The Hall–Kier alpha value is -0.220. The summed E-state index contributed by atoms with van der Waals surface area (Å²) < 4.78 is 0. The van der Waals surface area contributed by atoms with E-state index >= 15 is 0 Å². The first-order valence-corrected chi connectivity index (χ1v) is 6.16. The molecule has 1 amide bonds. The summed E-state index contributed by atoms with van der Waals surface area (Å²) in [5, 5.41) is 0.331. The molecule has 0 aliphatic rings. The Kier molecular flexibility index (Phi) is 7.01. The van der Waals surface area contributed by atoms with E-state index in [1.807, 2.05) is 18.7 Å². The molecule has 0 aromatic rings. The van der Waals surface area contributed by atoms with Crippen LogP contribution in [0.5, 0.6) is 0 Å². The van der Waals surface area contributed by atoms with Crippen molar-refractivity contribution >= 4 is 17.7 Å².